The molecule has 28 heavy (non-hydrogen) atoms. The number of para-hydroxylation sites is 1. The van der Waals surface area contributed by atoms with Crippen molar-refractivity contribution >= 4 is 38.6 Å². The van der Waals surface area contributed by atoms with Gasteiger partial charge < -0.3 is 20.2 Å². The molecule has 0 aliphatic rings. The SMILES string of the molecule is NCc1ccccc1-c1cc2ccccc2o1.O=C(O)c1cc2ncsc2[nH]1. The fraction of sp³-hybridized carbons (Fsp3) is 0.0476. The first-order valence-corrected chi connectivity index (χ1v) is 9.46. The number of nitrogens with one attached hydrogen (secondary N) is 1. The summed E-state index contributed by atoms with van der Waals surface area (Å²) in [7, 11) is 0. The molecule has 0 saturated carbocycles. The number of hydrogen-bond donors (Lipinski definition) is 3. The minimum atomic E-state index is -0.949. The Morgan fingerprint density at radius 3 is 2.68 bits per heavy atom. The van der Waals surface area contributed by atoms with E-state index in [4.69, 9.17) is 15.3 Å². The molecule has 4 N–H and O–H groups in total. The normalized spacial score (nSPS) is 10.8. The summed E-state index contributed by atoms with van der Waals surface area (Å²) in [5.74, 6) is -0.0672. The third-order valence-corrected chi connectivity index (χ3v) is 5.04. The van der Waals surface area contributed by atoms with E-state index in [1.54, 1.807) is 5.51 Å². The van der Waals surface area contributed by atoms with E-state index in [-0.39, 0.29) is 5.69 Å². The molecule has 0 aliphatic heterocycles. The molecule has 5 rings (SSSR count). The highest BCUT2D eigenvalue weighted by Gasteiger charge is 2.09. The van der Waals surface area contributed by atoms with Gasteiger partial charge in [0, 0.05) is 17.5 Å². The van der Waals surface area contributed by atoms with Crippen LogP contribution in [0.4, 0.5) is 0 Å². The molecule has 5 aromatic rings. The van der Waals surface area contributed by atoms with E-state index in [9.17, 15) is 4.79 Å². The van der Waals surface area contributed by atoms with Gasteiger partial charge in [0.05, 0.1) is 5.51 Å². The smallest absolute Gasteiger partial charge is 0.352 e. The predicted molar refractivity (Wildman–Crippen MR) is 110 cm³/mol. The Labute approximate surface area is 164 Å². The molecule has 0 fully saturated rings. The highest BCUT2D eigenvalue weighted by Crippen LogP contribution is 2.29. The van der Waals surface area contributed by atoms with Crippen molar-refractivity contribution in [2.75, 3.05) is 0 Å². The van der Waals surface area contributed by atoms with E-state index in [1.165, 1.54) is 17.4 Å². The lowest BCUT2D eigenvalue weighted by molar-refractivity contribution is 0.0691. The first kappa shape index (κ1) is 18.0. The summed E-state index contributed by atoms with van der Waals surface area (Å²) in [6.07, 6.45) is 0. The number of hydrogen-bond acceptors (Lipinski definition) is 5. The Kier molecular flexibility index (Phi) is 4.92. The minimum absolute atomic E-state index is 0.194. The van der Waals surface area contributed by atoms with Crippen molar-refractivity contribution in [3.05, 3.63) is 77.4 Å². The molecule has 0 spiro atoms. The van der Waals surface area contributed by atoms with Crippen LogP contribution >= 0.6 is 11.3 Å². The van der Waals surface area contributed by atoms with Gasteiger partial charge in [-0.3, -0.25) is 0 Å². The molecule has 140 valence electrons. The van der Waals surface area contributed by atoms with Gasteiger partial charge in [-0.2, -0.15) is 0 Å². The highest BCUT2D eigenvalue weighted by molar-refractivity contribution is 7.16. The second kappa shape index (κ2) is 7.67. The number of carboxylic acid groups (broad SMARTS) is 1. The topological polar surface area (TPSA) is 105 Å². The standard InChI is InChI=1S/C15H13NO.C6H4N2O2S/c16-10-12-6-1-3-7-13(12)15-9-11-5-2-4-8-14(11)17-15;9-6(10)4-1-3-5(8-4)11-2-7-3/h1-9H,10,16H2;1-2,8H,(H,9,10). The molecule has 0 aliphatic carbocycles. The Hall–Kier alpha value is -3.42. The molecule has 0 bridgehead atoms. The quantitative estimate of drug-likeness (QED) is 0.406. The number of aromatic amines is 1. The predicted octanol–water partition coefficient (Wildman–Crippen LogP) is 4.88. The molecule has 0 saturated heterocycles. The number of rotatable bonds is 3. The Balaban J connectivity index is 0.000000151. The maximum atomic E-state index is 10.4. The average Bonchev–Trinajstić information content (AvgIpc) is 3.42. The van der Waals surface area contributed by atoms with Crippen molar-refractivity contribution in [1.82, 2.24) is 9.97 Å². The Morgan fingerprint density at radius 2 is 1.93 bits per heavy atom. The summed E-state index contributed by atoms with van der Waals surface area (Å²) in [5, 5.41) is 9.67. The molecule has 0 atom stereocenters. The van der Waals surface area contributed by atoms with Crippen molar-refractivity contribution in [3.63, 3.8) is 0 Å². The van der Waals surface area contributed by atoms with Crippen molar-refractivity contribution in [3.8, 4) is 11.3 Å². The van der Waals surface area contributed by atoms with Crippen LogP contribution in [-0.2, 0) is 6.54 Å². The van der Waals surface area contributed by atoms with Crippen LogP contribution < -0.4 is 5.73 Å². The van der Waals surface area contributed by atoms with E-state index in [2.05, 4.69) is 16.0 Å². The molecule has 7 heteroatoms. The zero-order valence-corrected chi connectivity index (χ0v) is 15.6. The van der Waals surface area contributed by atoms with Crippen LogP contribution in [-0.4, -0.2) is 21.0 Å². The molecule has 3 aromatic heterocycles. The first-order chi connectivity index (χ1) is 13.7. The van der Waals surface area contributed by atoms with Crippen LogP contribution in [0.1, 0.15) is 16.1 Å². The monoisotopic (exact) mass is 391 g/mol. The number of thiazole rings is 1. The van der Waals surface area contributed by atoms with Crippen molar-refractivity contribution < 1.29 is 14.3 Å². The van der Waals surface area contributed by atoms with Crippen LogP contribution in [0.2, 0.25) is 0 Å². The number of carbonyl (C=O) groups is 1. The maximum absolute atomic E-state index is 10.4. The molecule has 0 radical (unpaired) electrons. The van der Waals surface area contributed by atoms with Crippen LogP contribution in [0.25, 0.3) is 32.6 Å². The molecule has 2 aromatic carbocycles. The fourth-order valence-electron chi connectivity index (χ4n) is 2.91. The lowest BCUT2D eigenvalue weighted by Crippen LogP contribution is -1.97. The molecule has 0 unspecified atom stereocenters. The van der Waals surface area contributed by atoms with Crippen molar-refractivity contribution in [1.29, 1.82) is 0 Å². The minimum Gasteiger partial charge on any atom is -0.477 e. The number of nitrogens with zero attached hydrogens (tertiary/aromatic N) is 1. The number of aromatic nitrogens is 2. The van der Waals surface area contributed by atoms with Gasteiger partial charge in [-0.1, -0.05) is 42.5 Å². The average molecular weight is 391 g/mol. The van der Waals surface area contributed by atoms with Crippen LogP contribution in [0, 0.1) is 0 Å². The third-order valence-electron chi connectivity index (χ3n) is 4.28. The molecule has 0 amide bonds. The number of H-pyrrole nitrogens is 1. The number of benzene rings is 2. The number of nitrogens with two attached hydrogens (primary N) is 1. The van der Waals surface area contributed by atoms with Crippen molar-refractivity contribution in [2.24, 2.45) is 5.73 Å². The summed E-state index contributed by atoms with van der Waals surface area (Å²) < 4.78 is 5.84. The second-order valence-corrected chi connectivity index (χ2v) is 6.92. The fourth-order valence-corrected chi connectivity index (χ4v) is 3.59. The van der Waals surface area contributed by atoms with Gasteiger partial charge in [-0.25, -0.2) is 9.78 Å². The summed E-state index contributed by atoms with van der Waals surface area (Å²) in [4.78, 5) is 17.9. The zero-order valence-electron chi connectivity index (χ0n) is 14.8. The van der Waals surface area contributed by atoms with Gasteiger partial charge in [0.25, 0.3) is 0 Å². The van der Waals surface area contributed by atoms with E-state index >= 15 is 0 Å². The van der Waals surface area contributed by atoms with E-state index in [0.717, 1.165) is 32.7 Å². The van der Waals surface area contributed by atoms with Gasteiger partial charge in [-0.15, -0.1) is 11.3 Å². The summed E-state index contributed by atoms with van der Waals surface area (Å²) in [6.45, 7) is 0.521. The molecule has 6 nitrogen and oxygen atoms in total. The van der Waals surface area contributed by atoms with Gasteiger partial charge in [-0.05, 0) is 23.8 Å². The Morgan fingerprint density at radius 1 is 1.14 bits per heavy atom. The Bertz CT molecular complexity index is 1190. The highest BCUT2D eigenvalue weighted by atomic mass is 32.1. The zero-order chi connectivity index (χ0) is 19.5. The summed E-state index contributed by atoms with van der Waals surface area (Å²) in [6, 6.07) is 19.7. The summed E-state index contributed by atoms with van der Waals surface area (Å²) in [5.41, 5.74) is 11.4. The number of furan rings is 1. The largest absolute Gasteiger partial charge is 0.477 e. The number of carboxylic acids is 1. The number of fused-ring (bicyclic) bond motifs is 2. The third kappa shape index (κ3) is 3.53. The van der Waals surface area contributed by atoms with Crippen LogP contribution in [0.3, 0.4) is 0 Å². The van der Waals surface area contributed by atoms with E-state index < -0.39 is 5.97 Å². The summed E-state index contributed by atoms with van der Waals surface area (Å²) >= 11 is 1.40. The van der Waals surface area contributed by atoms with Crippen molar-refractivity contribution in [2.45, 2.75) is 6.54 Å². The maximum Gasteiger partial charge on any atom is 0.352 e. The van der Waals surface area contributed by atoms with E-state index in [0.29, 0.717) is 12.1 Å². The van der Waals surface area contributed by atoms with E-state index in [1.807, 2.05) is 48.5 Å². The lowest BCUT2D eigenvalue weighted by Gasteiger charge is -2.03. The van der Waals surface area contributed by atoms with Crippen LogP contribution in [0.5, 0.6) is 0 Å². The van der Waals surface area contributed by atoms with Gasteiger partial charge >= 0.3 is 5.97 Å². The second-order valence-electron chi connectivity index (χ2n) is 6.06. The van der Waals surface area contributed by atoms with Gasteiger partial charge in [0.1, 0.15) is 27.4 Å². The molecule has 3 heterocycles. The van der Waals surface area contributed by atoms with Gasteiger partial charge in [0.15, 0.2) is 0 Å². The van der Waals surface area contributed by atoms with Gasteiger partial charge in [0.2, 0.25) is 0 Å². The lowest BCUT2D eigenvalue weighted by atomic mass is 10.1. The van der Waals surface area contributed by atoms with Crippen LogP contribution in [0.15, 0.2) is 70.6 Å². The molecular weight excluding hydrogens is 374 g/mol. The first-order valence-electron chi connectivity index (χ1n) is 8.58. The molecular formula is C21H17N3O3S. The number of aromatic carboxylic acids is 1.